The van der Waals surface area contributed by atoms with Gasteiger partial charge in [0, 0.05) is 38.4 Å². The molecule has 3 rings (SSSR count). The molecule has 1 amide bonds. The molecule has 1 aliphatic heterocycles. The van der Waals surface area contributed by atoms with E-state index >= 15 is 0 Å². The van der Waals surface area contributed by atoms with Gasteiger partial charge in [-0.05, 0) is 24.7 Å². The Morgan fingerprint density at radius 2 is 1.50 bits per heavy atom. The molecule has 0 unspecified atom stereocenters. The number of anilines is 1. The predicted octanol–water partition coefficient (Wildman–Crippen LogP) is 2.47. The maximum absolute atomic E-state index is 12.7. The average molecular weight is 323 g/mol. The lowest BCUT2D eigenvalue weighted by Gasteiger charge is -2.34. The van der Waals surface area contributed by atoms with Crippen LogP contribution in [0, 0.1) is 0 Å². The first-order valence-corrected chi connectivity index (χ1v) is 8.52. The zero-order chi connectivity index (χ0) is 16.8. The number of piperazine rings is 1. The molecule has 0 aromatic heterocycles. The normalized spacial score (nSPS) is 15.3. The molecule has 0 aliphatic carbocycles. The van der Waals surface area contributed by atoms with E-state index in [1.54, 1.807) is 0 Å². The van der Waals surface area contributed by atoms with Gasteiger partial charge in [0.25, 0.3) is 0 Å². The first-order valence-electron chi connectivity index (χ1n) is 8.52. The molecule has 0 saturated carbocycles. The highest BCUT2D eigenvalue weighted by atomic mass is 16.2. The summed E-state index contributed by atoms with van der Waals surface area (Å²) in [5.41, 5.74) is 2.30. The van der Waals surface area contributed by atoms with Crippen molar-refractivity contribution < 1.29 is 4.79 Å². The molecule has 4 heteroatoms. The van der Waals surface area contributed by atoms with Crippen LogP contribution in [0.15, 0.2) is 60.7 Å². The zero-order valence-corrected chi connectivity index (χ0v) is 14.3. The van der Waals surface area contributed by atoms with E-state index in [1.165, 1.54) is 5.56 Å². The Kier molecular flexibility index (Phi) is 5.49. The van der Waals surface area contributed by atoms with E-state index in [0.717, 1.165) is 38.4 Å². The fraction of sp³-hybridized carbons (Fsp3) is 0.350. The van der Waals surface area contributed by atoms with E-state index in [2.05, 4.69) is 41.1 Å². The van der Waals surface area contributed by atoms with Crippen LogP contribution in [0.4, 0.5) is 5.69 Å². The first-order chi connectivity index (χ1) is 11.7. The van der Waals surface area contributed by atoms with Crippen molar-refractivity contribution in [3.8, 4) is 0 Å². The van der Waals surface area contributed by atoms with Gasteiger partial charge in [0.2, 0.25) is 5.91 Å². The number of rotatable bonds is 5. The van der Waals surface area contributed by atoms with Gasteiger partial charge in [-0.25, -0.2) is 0 Å². The summed E-state index contributed by atoms with van der Waals surface area (Å²) < 4.78 is 0. The minimum absolute atomic E-state index is 0.211. The molecule has 2 aromatic rings. The van der Waals surface area contributed by atoms with Crippen molar-refractivity contribution in [3.05, 3.63) is 66.2 Å². The lowest BCUT2D eigenvalue weighted by Crippen LogP contribution is -2.50. The Morgan fingerprint density at radius 3 is 2.12 bits per heavy atom. The topological polar surface area (TPSA) is 26.8 Å². The highest BCUT2D eigenvalue weighted by Crippen LogP contribution is 2.17. The average Bonchev–Trinajstić information content (AvgIpc) is 2.63. The second-order valence-electron chi connectivity index (χ2n) is 6.36. The fourth-order valence-corrected chi connectivity index (χ4v) is 3.00. The Morgan fingerprint density at radius 1 is 0.917 bits per heavy atom. The van der Waals surface area contributed by atoms with Crippen LogP contribution in [-0.4, -0.2) is 55.5 Å². The number of nitrogens with zero attached hydrogens (tertiary/aromatic N) is 3. The molecule has 1 heterocycles. The Balaban J connectivity index is 1.71. The number of para-hydroxylation sites is 1. The van der Waals surface area contributed by atoms with E-state index < -0.39 is 0 Å². The first kappa shape index (κ1) is 16.5. The molecule has 0 atom stereocenters. The summed E-state index contributed by atoms with van der Waals surface area (Å²) in [7, 11) is 2.10. The SMILES string of the molecule is CN1CCN(C(=O)CN(Cc2ccccc2)c2ccccc2)CC1. The van der Waals surface area contributed by atoms with Crippen molar-refractivity contribution >= 4 is 11.6 Å². The van der Waals surface area contributed by atoms with Crippen molar-refractivity contribution in [1.29, 1.82) is 0 Å². The van der Waals surface area contributed by atoms with Crippen LogP contribution < -0.4 is 4.90 Å². The molecule has 126 valence electrons. The maximum Gasteiger partial charge on any atom is 0.242 e. The van der Waals surface area contributed by atoms with Crippen molar-refractivity contribution in [2.24, 2.45) is 0 Å². The Bertz CT molecular complexity index is 636. The maximum atomic E-state index is 12.7. The monoisotopic (exact) mass is 323 g/mol. The van der Waals surface area contributed by atoms with Crippen molar-refractivity contribution in [2.75, 3.05) is 44.7 Å². The molecule has 0 N–H and O–H groups in total. The van der Waals surface area contributed by atoms with Crippen LogP contribution in [0.5, 0.6) is 0 Å². The zero-order valence-electron chi connectivity index (χ0n) is 14.3. The van der Waals surface area contributed by atoms with Gasteiger partial charge in [-0.3, -0.25) is 4.79 Å². The number of hydrogen-bond acceptors (Lipinski definition) is 3. The summed E-state index contributed by atoms with van der Waals surface area (Å²) in [6, 6.07) is 20.5. The van der Waals surface area contributed by atoms with Crippen LogP contribution in [0.1, 0.15) is 5.56 Å². The smallest absolute Gasteiger partial charge is 0.242 e. The summed E-state index contributed by atoms with van der Waals surface area (Å²) in [6.07, 6.45) is 0. The summed E-state index contributed by atoms with van der Waals surface area (Å²) in [4.78, 5) is 19.2. The van der Waals surface area contributed by atoms with Gasteiger partial charge in [0.15, 0.2) is 0 Å². The largest absolute Gasteiger partial charge is 0.358 e. The number of amides is 1. The summed E-state index contributed by atoms with van der Waals surface area (Å²) in [5, 5.41) is 0. The second-order valence-corrected chi connectivity index (χ2v) is 6.36. The molecule has 24 heavy (non-hydrogen) atoms. The quantitative estimate of drug-likeness (QED) is 0.846. The third-order valence-corrected chi connectivity index (χ3v) is 4.52. The number of carbonyl (C=O) groups excluding carboxylic acids is 1. The molecule has 0 radical (unpaired) electrons. The van der Waals surface area contributed by atoms with E-state index in [4.69, 9.17) is 0 Å². The molecular weight excluding hydrogens is 298 g/mol. The van der Waals surface area contributed by atoms with E-state index in [0.29, 0.717) is 6.54 Å². The Labute approximate surface area is 144 Å². The van der Waals surface area contributed by atoms with Crippen LogP contribution in [0.3, 0.4) is 0 Å². The van der Waals surface area contributed by atoms with Gasteiger partial charge in [0.05, 0.1) is 6.54 Å². The Hall–Kier alpha value is -2.33. The minimum Gasteiger partial charge on any atom is -0.358 e. The number of hydrogen-bond donors (Lipinski definition) is 0. The van der Waals surface area contributed by atoms with Crippen LogP contribution in [0.25, 0.3) is 0 Å². The molecule has 2 aromatic carbocycles. The van der Waals surface area contributed by atoms with Crippen molar-refractivity contribution in [3.63, 3.8) is 0 Å². The number of likely N-dealkylation sites (N-methyl/N-ethyl adjacent to an activating group) is 1. The van der Waals surface area contributed by atoms with Gasteiger partial charge in [-0.1, -0.05) is 48.5 Å². The van der Waals surface area contributed by atoms with Gasteiger partial charge in [-0.15, -0.1) is 0 Å². The number of benzene rings is 2. The van der Waals surface area contributed by atoms with E-state index in [-0.39, 0.29) is 5.91 Å². The summed E-state index contributed by atoms with van der Waals surface area (Å²) in [6.45, 7) is 4.71. The molecule has 1 saturated heterocycles. The van der Waals surface area contributed by atoms with Crippen LogP contribution in [0.2, 0.25) is 0 Å². The van der Waals surface area contributed by atoms with Crippen LogP contribution >= 0.6 is 0 Å². The third-order valence-electron chi connectivity index (χ3n) is 4.52. The molecular formula is C20H25N3O. The van der Waals surface area contributed by atoms with Gasteiger partial charge < -0.3 is 14.7 Å². The molecule has 4 nitrogen and oxygen atoms in total. The highest BCUT2D eigenvalue weighted by molar-refractivity contribution is 5.81. The standard InChI is InChI=1S/C20H25N3O/c1-21-12-14-22(15-13-21)20(24)17-23(19-10-6-3-7-11-19)16-18-8-4-2-5-9-18/h2-11H,12-17H2,1H3. The molecule has 0 bridgehead atoms. The fourth-order valence-electron chi connectivity index (χ4n) is 3.00. The van der Waals surface area contributed by atoms with E-state index in [9.17, 15) is 4.79 Å². The van der Waals surface area contributed by atoms with Crippen molar-refractivity contribution in [2.45, 2.75) is 6.54 Å². The lowest BCUT2D eigenvalue weighted by atomic mass is 10.2. The lowest BCUT2D eigenvalue weighted by molar-refractivity contribution is -0.131. The van der Waals surface area contributed by atoms with Gasteiger partial charge >= 0.3 is 0 Å². The van der Waals surface area contributed by atoms with Gasteiger partial charge in [-0.2, -0.15) is 0 Å². The summed E-state index contributed by atoms with van der Waals surface area (Å²) >= 11 is 0. The van der Waals surface area contributed by atoms with Crippen LogP contribution in [-0.2, 0) is 11.3 Å². The highest BCUT2D eigenvalue weighted by Gasteiger charge is 2.21. The molecule has 1 fully saturated rings. The number of carbonyl (C=O) groups is 1. The molecule has 1 aliphatic rings. The minimum atomic E-state index is 0.211. The second kappa shape index (κ2) is 7.97. The molecule has 0 spiro atoms. The third kappa shape index (κ3) is 4.36. The van der Waals surface area contributed by atoms with E-state index in [1.807, 2.05) is 41.3 Å². The predicted molar refractivity (Wildman–Crippen MR) is 98.0 cm³/mol. The van der Waals surface area contributed by atoms with Gasteiger partial charge in [0.1, 0.15) is 0 Å². The summed E-state index contributed by atoms with van der Waals surface area (Å²) in [5.74, 6) is 0.211. The van der Waals surface area contributed by atoms with Crippen molar-refractivity contribution in [1.82, 2.24) is 9.80 Å².